The number of nitrogens with zero attached hydrogens (tertiary/aromatic N) is 1. The van der Waals surface area contributed by atoms with Crippen LogP contribution < -0.4 is 10.1 Å². The molecular weight excluding hydrogens is 207 g/mol. The van der Waals surface area contributed by atoms with Gasteiger partial charge in [0.2, 0.25) is 0 Å². The summed E-state index contributed by atoms with van der Waals surface area (Å²) in [6, 6.07) is 6.08. The average molecular weight is 222 g/mol. The predicted octanol–water partition coefficient (Wildman–Crippen LogP) is 1.93. The minimum Gasteiger partial charge on any atom is -0.490 e. The van der Waals surface area contributed by atoms with E-state index in [2.05, 4.69) is 5.32 Å². The second-order valence-corrected chi connectivity index (χ2v) is 3.73. The van der Waals surface area contributed by atoms with Crippen molar-refractivity contribution in [1.29, 1.82) is 5.26 Å². The van der Waals surface area contributed by atoms with E-state index in [1.165, 1.54) is 12.1 Å². The highest BCUT2D eigenvalue weighted by Crippen LogP contribution is 2.18. The Labute approximate surface area is 94.8 Å². The lowest BCUT2D eigenvalue weighted by Crippen LogP contribution is -2.21. The highest BCUT2D eigenvalue weighted by atomic mass is 19.1. The van der Waals surface area contributed by atoms with Gasteiger partial charge in [0.05, 0.1) is 18.2 Å². The lowest BCUT2D eigenvalue weighted by atomic mass is 10.2. The maximum absolute atomic E-state index is 13.4. The first-order valence-electron chi connectivity index (χ1n) is 5.14. The van der Waals surface area contributed by atoms with Crippen molar-refractivity contribution < 1.29 is 9.13 Å². The molecule has 0 saturated carbocycles. The van der Waals surface area contributed by atoms with Crippen molar-refractivity contribution in [1.82, 2.24) is 5.32 Å². The molecular formula is C12H15FN2O. The van der Waals surface area contributed by atoms with Gasteiger partial charge in [-0.25, -0.2) is 4.39 Å². The van der Waals surface area contributed by atoms with E-state index in [1.807, 2.05) is 20.0 Å². The van der Waals surface area contributed by atoms with Gasteiger partial charge >= 0.3 is 0 Å². The zero-order valence-corrected chi connectivity index (χ0v) is 9.46. The Morgan fingerprint density at radius 1 is 1.56 bits per heavy atom. The smallest absolute Gasteiger partial charge is 0.166 e. The highest BCUT2D eigenvalue weighted by molar-refractivity contribution is 5.35. The largest absolute Gasteiger partial charge is 0.490 e. The molecule has 0 spiro atoms. The Balaban J connectivity index is 2.58. The molecule has 1 rings (SSSR count). The number of halogens is 1. The van der Waals surface area contributed by atoms with E-state index in [9.17, 15) is 4.39 Å². The van der Waals surface area contributed by atoms with E-state index in [-0.39, 0.29) is 5.75 Å². The summed E-state index contributed by atoms with van der Waals surface area (Å²) in [6.45, 7) is 3.28. The van der Waals surface area contributed by atoms with Crippen molar-refractivity contribution in [3.8, 4) is 11.8 Å². The summed E-state index contributed by atoms with van der Waals surface area (Å²) < 4.78 is 18.7. The topological polar surface area (TPSA) is 45.0 Å². The molecule has 1 unspecified atom stereocenters. The molecule has 1 aromatic carbocycles. The van der Waals surface area contributed by atoms with Crippen LogP contribution in [0.2, 0.25) is 0 Å². The Kier molecular flexibility index (Phi) is 4.74. The van der Waals surface area contributed by atoms with Crippen LogP contribution in [0.4, 0.5) is 4.39 Å². The zero-order valence-electron chi connectivity index (χ0n) is 9.46. The molecule has 0 aliphatic carbocycles. The number of benzene rings is 1. The monoisotopic (exact) mass is 222 g/mol. The van der Waals surface area contributed by atoms with Crippen LogP contribution in [0.3, 0.4) is 0 Å². The van der Waals surface area contributed by atoms with Crippen molar-refractivity contribution >= 4 is 0 Å². The van der Waals surface area contributed by atoms with E-state index >= 15 is 0 Å². The van der Waals surface area contributed by atoms with Gasteiger partial charge in [0.15, 0.2) is 11.6 Å². The van der Waals surface area contributed by atoms with Gasteiger partial charge in [-0.1, -0.05) is 6.92 Å². The third-order valence-electron chi connectivity index (χ3n) is 2.14. The standard InChI is InChI=1S/C12H15FN2O/c1-9(7-15-2)8-16-12-4-3-10(6-14)5-11(12)13/h3-5,9,15H,7-8H2,1-2H3. The van der Waals surface area contributed by atoms with Crippen LogP contribution in [0.25, 0.3) is 0 Å². The molecule has 16 heavy (non-hydrogen) atoms. The maximum Gasteiger partial charge on any atom is 0.166 e. The number of nitrogens with one attached hydrogen (secondary N) is 1. The van der Waals surface area contributed by atoms with Gasteiger partial charge < -0.3 is 10.1 Å². The third kappa shape index (κ3) is 3.52. The first-order valence-corrected chi connectivity index (χ1v) is 5.14. The molecule has 0 aliphatic heterocycles. The van der Waals surface area contributed by atoms with Crippen LogP contribution in [0.5, 0.6) is 5.75 Å². The fourth-order valence-electron chi connectivity index (χ4n) is 1.33. The fraction of sp³-hybridized carbons (Fsp3) is 0.417. The molecule has 0 amide bonds. The van der Waals surface area contributed by atoms with E-state index in [4.69, 9.17) is 10.00 Å². The molecule has 0 fully saturated rings. The van der Waals surface area contributed by atoms with Gasteiger partial charge in [0.25, 0.3) is 0 Å². The van der Waals surface area contributed by atoms with Crippen molar-refractivity contribution in [2.45, 2.75) is 6.92 Å². The first-order chi connectivity index (χ1) is 7.67. The fourth-order valence-corrected chi connectivity index (χ4v) is 1.33. The molecule has 0 aromatic heterocycles. The Hall–Kier alpha value is -1.60. The van der Waals surface area contributed by atoms with Crippen LogP contribution in [-0.2, 0) is 0 Å². The average Bonchev–Trinajstić information content (AvgIpc) is 2.27. The van der Waals surface area contributed by atoms with Gasteiger partial charge in [-0.3, -0.25) is 0 Å². The van der Waals surface area contributed by atoms with Gasteiger partial charge in [0, 0.05) is 12.5 Å². The van der Waals surface area contributed by atoms with Crippen molar-refractivity contribution in [3.05, 3.63) is 29.6 Å². The van der Waals surface area contributed by atoms with Crippen LogP contribution in [0, 0.1) is 23.1 Å². The van der Waals surface area contributed by atoms with Crippen molar-refractivity contribution in [2.24, 2.45) is 5.92 Å². The summed E-state index contributed by atoms with van der Waals surface area (Å²) in [7, 11) is 1.86. The summed E-state index contributed by atoms with van der Waals surface area (Å²) in [5.74, 6) is 0.0118. The summed E-state index contributed by atoms with van der Waals surface area (Å²) in [5.41, 5.74) is 0.299. The molecule has 3 nitrogen and oxygen atoms in total. The van der Waals surface area contributed by atoms with Gasteiger partial charge in [-0.05, 0) is 25.2 Å². The molecule has 1 atom stereocenters. The number of rotatable bonds is 5. The quantitative estimate of drug-likeness (QED) is 0.828. The van der Waals surface area contributed by atoms with Gasteiger partial charge in [-0.15, -0.1) is 0 Å². The summed E-state index contributed by atoms with van der Waals surface area (Å²) in [6.07, 6.45) is 0. The first kappa shape index (κ1) is 12.5. The molecule has 1 N–H and O–H groups in total. The SMILES string of the molecule is CNCC(C)COc1ccc(C#N)cc1F. The Bertz CT molecular complexity index is 387. The molecule has 86 valence electrons. The normalized spacial score (nSPS) is 11.9. The van der Waals surface area contributed by atoms with Crippen LogP contribution in [0.1, 0.15) is 12.5 Å². The second-order valence-electron chi connectivity index (χ2n) is 3.73. The van der Waals surface area contributed by atoms with Gasteiger partial charge in [-0.2, -0.15) is 5.26 Å². The highest BCUT2D eigenvalue weighted by Gasteiger charge is 2.07. The lowest BCUT2D eigenvalue weighted by Gasteiger charge is -2.12. The van der Waals surface area contributed by atoms with Crippen LogP contribution in [0.15, 0.2) is 18.2 Å². The van der Waals surface area contributed by atoms with Gasteiger partial charge in [0.1, 0.15) is 0 Å². The van der Waals surface area contributed by atoms with E-state index in [0.717, 1.165) is 6.54 Å². The summed E-state index contributed by atoms with van der Waals surface area (Å²) in [5, 5.41) is 11.6. The lowest BCUT2D eigenvalue weighted by molar-refractivity contribution is 0.247. The molecule has 4 heteroatoms. The van der Waals surface area contributed by atoms with Crippen molar-refractivity contribution in [2.75, 3.05) is 20.2 Å². The Morgan fingerprint density at radius 2 is 2.31 bits per heavy atom. The minimum absolute atomic E-state index is 0.196. The van der Waals surface area contributed by atoms with E-state index in [1.54, 1.807) is 6.07 Å². The van der Waals surface area contributed by atoms with Crippen LogP contribution in [-0.4, -0.2) is 20.2 Å². The van der Waals surface area contributed by atoms with E-state index < -0.39 is 5.82 Å². The molecule has 0 aliphatic rings. The van der Waals surface area contributed by atoms with E-state index in [0.29, 0.717) is 18.1 Å². The minimum atomic E-state index is -0.490. The number of hydrogen-bond donors (Lipinski definition) is 1. The van der Waals surface area contributed by atoms with Crippen molar-refractivity contribution in [3.63, 3.8) is 0 Å². The number of hydrogen-bond acceptors (Lipinski definition) is 3. The third-order valence-corrected chi connectivity index (χ3v) is 2.14. The molecule has 0 radical (unpaired) electrons. The Morgan fingerprint density at radius 3 is 2.88 bits per heavy atom. The number of ether oxygens (including phenoxy) is 1. The predicted molar refractivity (Wildman–Crippen MR) is 59.7 cm³/mol. The zero-order chi connectivity index (χ0) is 12.0. The molecule has 0 heterocycles. The molecule has 1 aromatic rings. The number of nitriles is 1. The summed E-state index contributed by atoms with van der Waals surface area (Å²) >= 11 is 0. The molecule has 0 bridgehead atoms. The maximum atomic E-state index is 13.4. The molecule has 0 saturated heterocycles. The second kappa shape index (κ2) is 6.09. The summed E-state index contributed by atoms with van der Waals surface area (Å²) in [4.78, 5) is 0. The van der Waals surface area contributed by atoms with Crippen LogP contribution >= 0.6 is 0 Å².